The number of benzene rings is 2. The van der Waals surface area contributed by atoms with E-state index in [1.165, 1.54) is 0 Å². The van der Waals surface area contributed by atoms with Crippen LogP contribution >= 0.6 is 11.6 Å². The van der Waals surface area contributed by atoms with Gasteiger partial charge in [-0.25, -0.2) is 9.78 Å². The fourth-order valence-corrected chi connectivity index (χ4v) is 6.19. The van der Waals surface area contributed by atoms with Gasteiger partial charge >= 0.3 is 16.4 Å². The Balaban J connectivity index is 0.000000591. The Labute approximate surface area is 276 Å². The van der Waals surface area contributed by atoms with Gasteiger partial charge in [0.15, 0.2) is 11.5 Å². The third kappa shape index (κ3) is 7.37. The van der Waals surface area contributed by atoms with E-state index in [1.54, 1.807) is 30.5 Å². The van der Waals surface area contributed by atoms with Crippen LogP contribution < -0.4 is 9.47 Å². The molecule has 7 rings (SSSR count). The molecule has 0 bridgehead atoms. The SMILES string of the molecule is COS(=O)(=O)O.C[C@]1(c2ccc(Cl)cn2)Oc2cccc(C3CCN(Cc4nc5ccc(C(=O)O)cc5n4CC4CCO4)CC3)c2O1. The molecule has 2 aromatic heterocycles. The number of hydrogen-bond donors (Lipinski definition) is 2. The highest BCUT2D eigenvalue weighted by Crippen LogP contribution is 2.49. The van der Waals surface area contributed by atoms with Crippen LogP contribution in [0.1, 0.15) is 59.5 Å². The van der Waals surface area contributed by atoms with Gasteiger partial charge in [-0.1, -0.05) is 23.7 Å². The van der Waals surface area contributed by atoms with Gasteiger partial charge in [0.25, 0.3) is 5.79 Å². The Bertz CT molecular complexity index is 1870. The molecule has 0 aliphatic carbocycles. The van der Waals surface area contributed by atoms with Gasteiger partial charge in [-0.2, -0.15) is 8.42 Å². The second-order valence-electron chi connectivity index (χ2n) is 11.8. The standard InChI is InChI=1S/C31H31ClN4O5.CH4O4S/c1-31(27-8-6-21(32)16-33-27)40-26-4-2-3-23(29(26)41-31)19-9-12-35(13-10-19)18-28-34-24-7-5-20(30(37)38)15-25(24)36(28)17-22-11-14-39-22;1-5-6(2,3)4/h2-8,15-16,19,22H,9-14,17-18H2,1H3,(H,37,38);1H3,(H,2,3,4)/t22?,31-;/m0./s1. The summed E-state index contributed by atoms with van der Waals surface area (Å²) in [7, 11) is -3.29. The first kappa shape index (κ1) is 33.1. The highest BCUT2D eigenvalue weighted by Gasteiger charge is 2.42. The number of hydrogen-bond acceptors (Lipinski definition) is 10. The molecule has 2 aromatic carbocycles. The third-order valence-electron chi connectivity index (χ3n) is 8.66. The Kier molecular flexibility index (Phi) is 9.43. The number of carboxylic acid groups (broad SMARTS) is 1. The van der Waals surface area contributed by atoms with Gasteiger partial charge in [-0.3, -0.25) is 18.6 Å². The van der Waals surface area contributed by atoms with Crippen LogP contribution in [-0.4, -0.2) is 76.4 Å². The first-order valence-electron chi connectivity index (χ1n) is 15.1. The van der Waals surface area contributed by atoms with Crippen LogP contribution in [0.2, 0.25) is 5.02 Å². The van der Waals surface area contributed by atoms with E-state index in [0.717, 1.165) is 80.0 Å². The largest absolute Gasteiger partial charge is 0.478 e. The lowest BCUT2D eigenvalue weighted by Gasteiger charge is -2.33. The topological polar surface area (TPSA) is 163 Å². The van der Waals surface area contributed by atoms with Crippen molar-refractivity contribution in [1.29, 1.82) is 0 Å². The number of ether oxygens (including phenoxy) is 3. The molecule has 2 saturated heterocycles. The van der Waals surface area contributed by atoms with Crippen molar-refractivity contribution in [2.45, 2.75) is 57.1 Å². The summed E-state index contributed by atoms with van der Waals surface area (Å²) in [5.74, 6) is 0.868. The van der Waals surface area contributed by atoms with E-state index in [-0.39, 0.29) is 11.7 Å². The highest BCUT2D eigenvalue weighted by atomic mass is 35.5. The van der Waals surface area contributed by atoms with Crippen LogP contribution in [0.5, 0.6) is 11.5 Å². The van der Waals surface area contributed by atoms with E-state index in [2.05, 4.69) is 24.7 Å². The lowest BCUT2D eigenvalue weighted by Crippen LogP contribution is -2.35. The Morgan fingerprint density at radius 3 is 2.49 bits per heavy atom. The number of rotatable bonds is 8. The molecule has 13 nitrogen and oxygen atoms in total. The maximum Gasteiger partial charge on any atom is 0.397 e. The lowest BCUT2D eigenvalue weighted by molar-refractivity contribution is -0.0722. The maximum absolute atomic E-state index is 11.6. The number of nitrogens with zero attached hydrogens (tertiary/aromatic N) is 4. The summed E-state index contributed by atoms with van der Waals surface area (Å²) in [4.78, 5) is 23.4. The molecule has 0 radical (unpaired) electrons. The molecule has 3 aliphatic rings. The van der Waals surface area contributed by atoms with Crippen molar-refractivity contribution in [3.05, 3.63) is 82.4 Å². The second-order valence-corrected chi connectivity index (χ2v) is 13.4. The van der Waals surface area contributed by atoms with Gasteiger partial charge in [-0.15, -0.1) is 0 Å². The number of carbonyl (C=O) groups is 1. The Morgan fingerprint density at radius 1 is 1.13 bits per heavy atom. The molecule has 2 fully saturated rings. The number of piperidine rings is 1. The van der Waals surface area contributed by atoms with Crippen LogP contribution in [0.15, 0.2) is 54.7 Å². The summed E-state index contributed by atoms with van der Waals surface area (Å²) in [5.41, 5.74) is 3.76. The molecular weight excluding hydrogens is 652 g/mol. The Morgan fingerprint density at radius 2 is 1.87 bits per heavy atom. The molecular formula is C32H35ClN4O9S. The molecule has 4 aromatic rings. The van der Waals surface area contributed by atoms with Crippen molar-refractivity contribution in [2.24, 2.45) is 0 Å². The number of para-hydroxylation sites is 1. The number of carboxylic acids is 1. The highest BCUT2D eigenvalue weighted by molar-refractivity contribution is 7.80. The average molecular weight is 687 g/mol. The number of likely N-dealkylation sites (tertiary alicyclic amines) is 1. The van der Waals surface area contributed by atoms with E-state index in [1.807, 2.05) is 25.1 Å². The molecule has 2 N–H and O–H groups in total. The number of fused-ring (bicyclic) bond motifs is 2. The molecule has 3 aliphatic heterocycles. The fraction of sp³-hybridized carbons (Fsp3) is 0.406. The summed E-state index contributed by atoms with van der Waals surface area (Å²) in [6, 6.07) is 14.9. The number of halogens is 1. The lowest BCUT2D eigenvalue weighted by atomic mass is 9.88. The van der Waals surface area contributed by atoms with E-state index in [9.17, 15) is 18.3 Å². The van der Waals surface area contributed by atoms with Crippen LogP contribution in [0.4, 0.5) is 0 Å². The number of aromatic carboxylic acids is 1. The molecule has 1 unspecified atom stereocenters. The Hall–Kier alpha value is -3.79. The number of aromatic nitrogens is 3. The summed E-state index contributed by atoms with van der Waals surface area (Å²) in [6.45, 7) is 5.86. The minimum atomic E-state index is -4.16. The quantitative estimate of drug-likeness (QED) is 0.238. The van der Waals surface area contributed by atoms with Gasteiger partial charge < -0.3 is 23.9 Å². The number of imidazole rings is 1. The van der Waals surface area contributed by atoms with Crippen LogP contribution in [0.3, 0.4) is 0 Å². The van der Waals surface area contributed by atoms with Crippen LogP contribution in [-0.2, 0) is 38.2 Å². The van der Waals surface area contributed by atoms with E-state index < -0.39 is 22.2 Å². The summed E-state index contributed by atoms with van der Waals surface area (Å²) < 4.78 is 50.3. The van der Waals surface area contributed by atoms with Crippen molar-refractivity contribution in [3.8, 4) is 11.5 Å². The van der Waals surface area contributed by atoms with E-state index in [4.69, 9.17) is 35.3 Å². The molecule has 0 saturated carbocycles. The summed E-state index contributed by atoms with van der Waals surface area (Å²) in [5, 5.41) is 10.1. The molecule has 0 spiro atoms. The molecule has 15 heteroatoms. The van der Waals surface area contributed by atoms with Gasteiger partial charge in [0.2, 0.25) is 0 Å². The van der Waals surface area contributed by atoms with Crippen molar-refractivity contribution in [2.75, 3.05) is 26.8 Å². The fourth-order valence-electron chi connectivity index (χ4n) is 6.08. The van der Waals surface area contributed by atoms with Crippen LogP contribution in [0.25, 0.3) is 11.0 Å². The zero-order valence-electron chi connectivity index (χ0n) is 25.8. The van der Waals surface area contributed by atoms with Crippen molar-refractivity contribution >= 4 is 39.0 Å². The minimum absolute atomic E-state index is 0.140. The molecule has 5 heterocycles. The third-order valence-corrected chi connectivity index (χ3v) is 9.31. The molecule has 2 atom stereocenters. The van der Waals surface area contributed by atoms with Crippen molar-refractivity contribution < 1.29 is 41.3 Å². The number of pyridine rings is 1. The summed E-state index contributed by atoms with van der Waals surface area (Å²) in [6.07, 6.45) is 4.70. The van der Waals surface area contributed by atoms with Crippen LogP contribution in [0, 0.1) is 0 Å². The predicted octanol–water partition coefficient (Wildman–Crippen LogP) is 5.03. The second kappa shape index (κ2) is 13.4. The van der Waals surface area contributed by atoms with Gasteiger partial charge in [0.1, 0.15) is 11.5 Å². The van der Waals surface area contributed by atoms with E-state index in [0.29, 0.717) is 29.7 Å². The first-order chi connectivity index (χ1) is 22.4. The predicted molar refractivity (Wildman–Crippen MR) is 171 cm³/mol. The van der Waals surface area contributed by atoms with Gasteiger partial charge in [0.05, 0.1) is 47.9 Å². The summed E-state index contributed by atoms with van der Waals surface area (Å²) >= 11 is 6.04. The zero-order chi connectivity index (χ0) is 33.3. The minimum Gasteiger partial charge on any atom is -0.478 e. The van der Waals surface area contributed by atoms with Gasteiger partial charge in [0, 0.05) is 25.3 Å². The monoisotopic (exact) mass is 686 g/mol. The zero-order valence-corrected chi connectivity index (χ0v) is 27.4. The van der Waals surface area contributed by atoms with Crippen molar-refractivity contribution in [1.82, 2.24) is 19.4 Å². The van der Waals surface area contributed by atoms with Gasteiger partial charge in [-0.05, 0) is 74.7 Å². The normalized spacial score (nSPS) is 21.2. The van der Waals surface area contributed by atoms with E-state index >= 15 is 0 Å². The smallest absolute Gasteiger partial charge is 0.397 e. The molecule has 0 amide bonds. The molecule has 47 heavy (non-hydrogen) atoms. The van der Waals surface area contributed by atoms with Crippen molar-refractivity contribution in [3.63, 3.8) is 0 Å². The molecule has 250 valence electrons. The first-order valence-corrected chi connectivity index (χ1v) is 16.9. The maximum atomic E-state index is 11.6. The average Bonchev–Trinajstić information content (AvgIpc) is 3.56.